The lowest BCUT2D eigenvalue weighted by Gasteiger charge is -2.12. The minimum atomic E-state index is -0.919. The third-order valence-corrected chi connectivity index (χ3v) is 3.00. The average molecular weight is 213 g/mol. The maximum Gasteiger partial charge on any atom is 0.305 e. The van der Waals surface area contributed by atoms with Crippen LogP contribution < -0.4 is 5.32 Å². The molecule has 0 aliphatic rings. The van der Waals surface area contributed by atoms with Crippen molar-refractivity contribution in [3.05, 3.63) is 21.9 Å². The molecular weight excluding hydrogens is 202 g/mol. The molecule has 2 N–H and O–H groups in total. The molecule has 0 spiro atoms. The highest BCUT2D eigenvalue weighted by molar-refractivity contribution is 7.10. The Morgan fingerprint density at radius 3 is 2.93 bits per heavy atom. The minimum Gasteiger partial charge on any atom is -0.481 e. The van der Waals surface area contributed by atoms with Crippen molar-refractivity contribution >= 4 is 23.7 Å². The monoisotopic (exact) mass is 213 g/mol. The van der Waals surface area contributed by atoms with Gasteiger partial charge in [-0.15, -0.1) is 11.3 Å². The van der Waals surface area contributed by atoms with E-state index in [1.54, 1.807) is 0 Å². The van der Waals surface area contributed by atoms with E-state index in [1.165, 1.54) is 11.3 Å². The van der Waals surface area contributed by atoms with Gasteiger partial charge in [0.15, 0.2) is 0 Å². The van der Waals surface area contributed by atoms with Gasteiger partial charge in [0.1, 0.15) is 0 Å². The molecule has 1 aromatic rings. The molecule has 1 unspecified atom stereocenters. The first-order valence-electron chi connectivity index (χ1n) is 4.10. The highest BCUT2D eigenvalue weighted by Gasteiger charge is 2.17. The van der Waals surface area contributed by atoms with E-state index in [0.29, 0.717) is 6.41 Å². The van der Waals surface area contributed by atoms with Crippen LogP contribution in [0.25, 0.3) is 0 Å². The highest BCUT2D eigenvalue weighted by atomic mass is 32.1. The predicted octanol–water partition coefficient (Wildman–Crippen LogP) is 1.32. The number of aryl methyl sites for hydroxylation is 1. The second-order valence-corrected chi connectivity index (χ2v) is 3.85. The molecule has 1 aromatic heterocycles. The molecule has 0 radical (unpaired) electrons. The van der Waals surface area contributed by atoms with Crippen molar-refractivity contribution in [1.82, 2.24) is 5.32 Å². The van der Waals surface area contributed by atoms with Gasteiger partial charge in [-0.2, -0.15) is 0 Å². The molecule has 1 atom stereocenters. The fourth-order valence-electron chi connectivity index (χ4n) is 1.23. The lowest BCUT2D eigenvalue weighted by atomic mass is 10.1. The van der Waals surface area contributed by atoms with Crippen molar-refractivity contribution in [2.75, 3.05) is 0 Å². The fraction of sp³-hybridized carbons (Fsp3) is 0.333. The van der Waals surface area contributed by atoms with Crippen LogP contribution >= 0.6 is 11.3 Å². The van der Waals surface area contributed by atoms with E-state index < -0.39 is 12.0 Å². The van der Waals surface area contributed by atoms with Gasteiger partial charge in [-0.3, -0.25) is 9.59 Å². The van der Waals surface area contributed by atoms with Crippen LogP contribution in [0.4, 0.5) is 0 Å². The maximum atomic E-state index is 10.5. The molecule has 4 nitrogen and oxygen atoms in total. The largest absolute Gasteiger partial charge is 0.481 e. The lowest BCUT2D eigenvalue weighted by Crippen LogP contribution is -2.22. The number of rotatable bonds is 5. The third-order valence-electron chi connectivity index (χ3n) is 1.87. The summed E-state index contributed by atoms with van der Waals surface area (Å²) in [6.07, 6.45) is 0.451. The Labute approximate surface area is 85.6 Å². The van der Waals surface area contributed by atoms with Gasteiger partial charge >= 0.3 is 5.97 Å². The number of aliphatic carboxylic acids is 1. The van der Waals surface area contributed by atoms with Gasteiger partial charge in [-0.05, 0) is 23.9 Å². The maximum absolute atomic E-state index is 10.5. The van der Waals surface area contributed by atoms with Crippen molar-refractivity contribution in [3.63, 3.8) is 0 Å². The summed E-state index contributed by atoms with van der Waals surface area (Å²) in [5, 5.41) is 13.0. The SMILES string of the molecule is Cc1ccsc1C(CC(=O)O)NC=O. The number of carbonyl (C=O) groups excluding carboxylic acids is 1. The molecule has 1 heterocycles. The van der Waals surface area contributed by atoms with E-state index in [4.69, 9.17) is 5.11 Å². The summed E-state index contributed by atoms with van der Waals surface area (Å²) in [4.78, 5) is 21.7. The molecule has 0 saturated heterocycles. The Hall–Kier alpha value is -1.36. The van der Waals surface area contributed by atoms with Gasteiger partial charge < -0.3 is 10.4 Å². The van der Waals surface area contributed by atoms with Gasteiger partial charge in [0.2, 0.25) is 6.41 Å². The van der Waals surface area contributed by atoms with E-state index in [0.717, 1.165) is 10.4 Å². The van der Waals surface area contributed by atoms with Gasteiger partial charge in [0.25, 0.3) is 0 Å². The van der Waals surface area contributed by atoms with Crippen molar-refractivity contribution < 1.29 is 14.7 Å². The number of hydrogen-bond acceptors (Lipinski definition) is 3. The zero-order chi connectivity index (χ0) is 10.6. The quantitative estimate of drug-likeness (QED) is 0.725. The van der Waals surface area contributed by atoms with Crippen molar-refractivity contribution in [2.45, 2.75) is 19.4 Å². The van der Waals surface area contributed by atoms with E-state index in [-0.39, 0.29) is 6.42 Å². The van der Waals surface area contributed by atoms with Crippen LogP contribution in [-0.2, 0) is 9.59 Å². The third kappa shape index (κ3) is 2.56. The zero-order valence-corrected chi connectivity index (χ0v) is 8.50. The summed E-state index contributed by atoms with van der Waals surface area (Å²) in [5.74, 6) is -0.919. The van der Waals surface area contributed by atoms with Crippen molar-refractivity contribution in [2.24, 2.45) is 0 Å². The smallest absolute Gasteiger partial charge is 0.305 e. The molecule has 1 rings (SSSR count). The Kier molecular flexibility index (Phi) is 3.64. The molecule has 0 aliphatic carbocycles. The van der Waals surface area contributed by atoms with E-state index in [2.05, 4.69) is 5.32 Å². The lowest BCUT2D eigenvalue weighted by molar-refractivity contribution is -0.137. The number of carboxylic acid groups (broad SMARTS) is 1. The molecule has 0 aliphatic heterocycles. The van der Waals surface area contributed by atoms with Crippen LogP contribution in [0.15, 0.2) is 11.4 Å². The molecule has 1 amide bonds. The van der Waals surface area contributed by atoms with Crippen LogP contribution in [0.1, 0.15) is 22.9 Å². The highest BCUT2D eigenvalue weighted by Crippen LogP contribution is 2.25. The van der Waals surface area contributed by atoms with Crippen molar-refractivity contribution in [1.29, 1.82) is 0 Å². The van der Waals surface area contributed by atoms with Gasteiger partial charge in [-0.25, -0.2) is 0 Å². The van der Waals surface area contributed by atoms with Crippen LogP contribution in [0.2, 0.25) is 0 Å². The molecule has 0 bridgehead atoms. The van der Waals surface area contributed by atoms with Gasteiger partial charge in [0, 0.05) is 4.88 Å². The minimum absolute atomic E-state index is 0.0832. The molecule has 0 fully saturated rings. The molecule has 76 valence electrons. The van der Waals surface area contributed by atoms with Gasteiger partial charge in [-0.1, -0.05) is 0 Å². The Morgan fingerprint density at radius 2 is 2.50 bits per heavy atom. The zero-order valence-electron chi connectivity index (χ0n) is 7.69. The number of hydrogen-bond donors (Lipinski definition) is 2. The summed E-state index contributed by atoms with van der Waals surface area (Å²) >= 11 is 1.45. The van der Waals surface area contributed by atoms with Crippen LogP contribution in [-0.4, -0.2) is 17.5 Å². The summed E-state index contributed by atoms with van der Waals surface area (Å²) < 4.78 is 0. The number of carbonyl (C=O) groups is 2. The Balaban J connectivity index is 2.82. The fourth-order valence-corrected chi connectivity index (χ4v) is 2.21. The Morgan fingerprint density at radius 1 is 1.79 bits per heavy atom. The summed E-state index contributed by atoms with van der Waals surface area (Å²) in [6.45, 7) is 1.90. The molecular formula is C9H11NO3S. The van der Waals surface area contributed by atoms with E-state index in [9.17, 15) is 9.59 Å². The van der Waals surface area contributed by atoms with Gasteiger partial charge in [0.05, 0.1) is 12.5 Å². The van der Waals surface area contributed by atoms with E-state index in [1.807, 2.05) is 18.4 Å². The van der Waals surface area contributed by atoms with Crippen LogP contribution in [0.5, 0.6) is 0 Å². The first kappa shape index (κ1) is 10.7. The normalized spacial score (nSPS) is 12.1. The summed E-state index contributed by atoms with van der Waals surface area (Å²) in [5.41, 5.74) is 1.01. The standard InChI is InChI=1S/C9H11NO3S/c1-6-2-3-14-9(6)7(10-5-11)4-8(12)13/h2-3,5,7H,4H2,1H3,(H,10,11)(H,12,13). The number of carboxylic acids is 1. The molecule has 0 aromatic carbocycles. The topological polar surface area (TPSA) is 66.4 Å². The summed E-state index contributed by atoms with van der Waals surface area (Å²) in [7, 11) is 0. The molecule has 5 heteroatoms. The number of thiophene rings is 1. The Bertz CT molecular complexity index is 335. The second kappa shape index (κ2) is 4.76. The first-order valence-corrected chi connectivity index (χ1v) is 4.98. The number of nitrogens with one attached hydrogen (secondary N) is 1. The predicted molar refractivity (Wildman–Crippen MR) is 53.2 cm³/mol. The van der Waals surface area contributed by atoms with Crippen LogP contribution in [0, 0.1) is 6.92 Å². The van der Waals surface area contributed by atoms with E-state index >= 15 is 0 Å². The van der Waals surface area contributed by atoms with Crippen molar-refractivity contribution in [3.8, 4) is 0 Å². The van der Waals surface area contributed by atoms with Crippen LogP contribution in [0.3, 0.4) is 0 Å². The molecule has 0 saturated carbocycles. The second-order valence-electron chi connectivity index (χ2n) is 2.90. The summed E-state index contributed by atoms with van der Waals surface area (Å²) in [6, 6.07) is 1.49. The average Bonchev–Trinajstić information content (AvgIpc) is 2.50. The number of amides is 1. The molecule has 14 heavy (non-hydrogen) atoms. The first-order chi connectivity index (χ1) is 6.65.